The maximum Gasteiger partial charge on any atom is 0.261 e. The predicted molar refractivity (Wildman–Crippen MR) is 72.8 cm³/mol. The van der Waals surface area contributed by atoms with E-state index in [1.165, 1.54) is 18.2 Å². The molecule has 0 heterocycles. The Balaban J connectivity index is 2.35. The third-order valence-electron chi connectivity index (χ3n) is 2.72. The molecule has 20 heavy (non-hydrogen) atoms. The Hall–Kier alpha value is -2.15. The Labute approximate surface area is 115 Å². The molecule has 4 nitrogen and oxygen atoms in total. The van der Waals surface area contributed by atoms with E-state index in [-0.39, 0.29) is 10.6 Å². The summed E-state index contributed by atoms with van der Waals surface area (Å²) in [5, 5.41) is 0. The fraction of sp³-hybridized carbons (Fsp3) is 0.0769. The first-order valence-corrected chi connectivity index (χ1v) is 7.12. The van der Waals surface area contributed by atoms with Gasteiger partial charge in [-0.25, -0.2) is 17.2 Å². The van der Waals surface area contributed by atoms with Gasteiger partial charge >= 0.3 is 0 Å². The second-order valence-electron chi connectivity index (χ2n) is 4.25. The molecule has 2 rings (SSSR count). The number of hydrogen-bond acceptors (Lipinski definition) is 3. The molecule has 0 amide bonds. The van der Waals surface area contributed by atoms with Gasteiger partial charge in [0.05, 0.1) is 10.6 Å². The summed E-state index contributed by atoms with van der Waals surface area (Å²) in [4.78, 5) is -0.00562. The van der Waals surface area contributed by atoms with Crippen LogP contribution in [0.4, 0.5) is 20.2 Å². The highest BCUT2D eigenvalue weighted by molar-refractivity contribution is 7.92. The van der Waals surface area contributed by atoms with Gasteiger partial charge in [-0.1, -0.05) is 0 Å². The fourth-order valence-electron chi connectivity index (χ4n) is 1.59. The zero-order valence-electron chi connectivity index (χ0n) is 10.5. The van der Waals surface area contributed by atoms with Crippen molar-refractivity contribution in [3.63, 3.8) is 0 Å². The lowest BCUT2D eigenvalue weighted by atomic mass is 10.2. The summed E-state index contributed by atoms with van der Waals surface area (Å²) in [6.07, 6.45) is 0. The molecule has 0 saturated carbocycles. The van der Waals surface area contributed by atoms with Crippen LogP contribution in [0.1, 0.15) is 5.56 Å². The summed E-state index contributed by atoms with van der Waals surface area (Å²) >= 11 is 0. The lowest BCUT2D eigenvalue weighted by Crippen LogP contribution is -2.13. The van der Waals surface area contributed by atoms with Gasteiger partial charge in [0.25, 0.3) is 10.0 Å². The Bertz CT molecular complexity index is 761. The summed E-state index contributed by atoms with van der Waals surface area (Å²) < 4.78 is 52.2. The number of nitrogen functional groups attached to an aromatic ring is 1. The molecule has 0 spiro atoms. The van der Waals surface area contributed by atoms with Crippen molar-refractivity contribution in [1.82, 2.24) is 0 Å². The molecule has 0 bridgehead atoms. The van der Waals surface area contributed by atoms with Gasteiger partial charge in [-0.2, -0.15) is 0 Å². The van der Waals surface area contributed by atoms with E-state index < -0.39 is 21.7 Å². The number of sulfonamides is 1. The third-order valence-corrected chi connectivity index (χ3v) is 4.10. The molecule has 0 aliphatic carbocycles. The Morgan fingerprint density at radius 2 is 1.75 bits per heavy atom. The Morgan fingerprint density at radius 1 is 1.05 bits per heavy atom. The average molecular weight is 298 g/mol. The largest absolute Gasteiger partial charge is 0.399 e. The number of nitrogens with two attached hydrogens (primary N) is 1. The van der Waals surface area contributed by atoms with Gasteiger partial charge in [-0.3, -0.25) is 4.72 Å². The zero-order valence-corrected chi connectivity index (χ0v) is 11.3. The third kappa shape index (κ3) is 2.88. The summed E-state index contributed by atoms with van der Waals surface area (Å²) in [6.45, 7) is 1.67. The van der Waals surface area contributed by atoms with Gasteiger partial charge in [0.15, 0.2) is 11.6 Å². The van der Waals surface area contributed by atoms with E-state index >= 15 is 0 Å². The van der Waals surface area contributed by atoms with Crippen molar-refractivity contribution >= 4 is 21.4 Å². The zero-order chi connectivity index (χ0) is 14.9. The quantitative estimate of drug-likeness (QED) is 0.856. The summed E-state index contributed by atoms with van der Waals surface area (Å²) in [7, 11) is -3.88. The van der Waals surface area contributed by atoms with Gasteiger partial charge < -0.3 is 5.73 Å². The second kappa shape index (κ2) is 5.09. The van der Waals surface area contributed by atoms with Crippen LogP contribution in [0.2, 0.25) is 0 Å². The van der Waals surface area contributed by atoms with Gasteiger partial charge in [0.2, 0.25) is 0 Å². The van der Waals surface area contributed by atoms with E-state index in [0.717, 1.165) is 18.2 Å². The van der Waals surface area contributed by atoms with Crippen molar-refractivity contribution in [2.24, 2.45) is 0 Å². The number of halogens is 2. The number of rotatable bonds is 3. The summed E-state index contributed by atoms with van der Waals surface area (Å²) in [6, 6.07) is 6.97. The SMILES string of the molecule is Cc1cc(S(=O)(=O)Nc2ccc(F)c(F)c2)ccc1N. The first-order chi connectivity index (χ1) is 9.29. The van der Waals surface area contributed by atoms with E-state index in [9.17, 15) is 17.2 Å². The van der Waals surface area contributed by atoms with Crippen LogP contribution in [0.5, 0.6) is 0 Å². The molecule has 0 saturated heterocycles. The standard InChI is InChI=1S/C13H12F2N2O2S/c1-8-6-10(3-5-13(8)16)20(18,19)17-9-2-4-11(14)12(15)7-9/h2-7,17H,16H2,1H3. The Morgan fingerprint density at radius 3 is 2.35 bits per heavy atom. The van der Waals surface area contributed by atoms with Gasteiger partial charge in [-0.15, -0.1) is 0 Å². The molecule has 0 unspecified atom stereocenters. The minimum absolute atomic E-state index is 0.00562. The molecule has 7 heteroatoms. The monoisotopic (exact) mass is 298 g/mol. The fourth-order valence-corrected chi connectivity index (χ4v) is 2.72. The van der Waals surface area contributed by atoms with Gasteiger partial charge in [0, 0.05) is 11.8 Å². The van der Waals surface area contributed by atoms with E-state index in [1.54, 1.807) is 6.92 Å². The smallest absolute Gasteiger partial charge is 0.261 e. The van der Waals surface area contributed by atoms with Crippen LogP contribution in [0.3, 0.4) is 0 Å². The van der Waals surface area contributed by atoms with Crippen molar-refractivity contribution in [2.75, 3.05) is 10.5 Å². The second-order valence-corrected chi connectivity index (χ2v) is 5.94. The summed E-state index contributed by atoms with van der Waals surface area (Å²) in [5.74, 6) is -2.17. The highest BCUT2D eigenvalue weighted by Crippen LogP contribution is 2.21. The molecular weight excluding hydrogens is 286 g/mol. The highest BCUT2D eigenvalue weighted by atomic mass is 32.2. The molecular formula is C13H12F2N2O2S. The first-order valence-electron chi connectivity index (χ1n) is 5.63. The molecule has 2 aromatic carbocycles. The average Bonchev–Trinajstić information content (AvgIpc) is 2.37. The first kappa shape index (κ1) is 14.3. The van der Waals surface area contributed by atoms with Crippen LogP contribution in [-0.2, 0) is 10.0 Å². The number of aryl methyl sites for hydroxylation is 1. The topological polar surface area (TPSA) is 72.2 Å². The highest BCUT2D eigenvalue weighted by Gasteiger charge is 2.15. The minimum Gasteiger partial charge on any atom is -0.399 e. The maximum absolute atomic E-state index is 13.0. The van der Waals surface area contributed by atoms with Crippen LogP contribution in [0.15, 0.2) is 41.3 Å². The number of anilines is 2. The molecule has 3 N–H and O–H groups in total. The summed E-state index contributed by atoms with van der Waals surface area (Å²) in [5.41, 5.74) is 6.64. The molecule has 0 aliphatic heterocycles. The molecule has 106 valence electrons. The van der Waals surface area contributed by atoms with Crippen molar-refractivity contribution in [1.29, 1.82) is 0 Å². The van der Waals surface area contributed by atoms with Gasteiger partial charge in [0.1, 0.15) is 0 Å². The van der Waals surface area contributed by atoms with Gasteiger partial charge in [-0.05, 0) is 42.8 Å². The molecule has 0 atom stereocenters. The molecule has 0 radical (unpaired) electrons. The van der Waals surface area contributed by atoms with Crippen molar-refractivity contribution in [3.05, 3.63) is 53.6 Å². The lowest BCUT2D eigenvalue weighted by Gasteiger charge is -2.09. The lowest BCUT2D eigenvalue weighted by molar-refractivity contribution is 0.509. The maximum atomic E-state index is 13.0. The van der Waals surface area contributed by atoms with E-state index in [1.807, 2.05) is 0 Å². The van der Waals surface area contributed by atoms with Crippen molar-refractivity contribution in [3.8, 4) is 0 Å². The van der Waals surface area contributed by atoms with Crippen LogP contribution in [-0.4, -0.2) is 8.42 Å². The molecule has 0 aliphatic rings. The number of benzene rings is 2. The van der Waals surface area contributed by atoms with Crippen LogP contribution in [0.25, 0.3) is 0 Å². The Kier molecular flexibility index (Phi) is 3.63. The normalized spacial score (nSPS) is 11.3. The van der Waals surface area contributed by atoms with E-state index in [4.69, 9.17) is 5.73 Å². The van der Waals surface area contributed by atoms with Crippen molar-refractivity contribution in [2.45, 2.75) is 11.8 Å². The van der Waals surface area contributed by atoms with Crippen LogP contribution >= 0.6 is 0 Å². The minimum atomic E-state index is -3.88. The number of nitrogens with one attached hydrogen (secondary N) is 1. The van der Waals surface area contributed by atoms with Crippen molar-refractivity contribution < 1.29 is 17.2 Å². The van der Waals surface area contributed by atoms with E-state index in [0.29, 0.717) is 11.3 Å². The van der Waals surface area contributed by atoms with E-state index in [2.05, 4.69) is 4.72 Å². The predicted octanol–water partition coefficient (Wildman–Crippen LogP) is 2.66. The van der Waals surface area contributed by atoms with Crippen LogP contribution in [0, 0.1) is 18.6 Å². The van der Waals surface area contributed by atoms with Crippen LogP contribution < -0.4 is 10.5 Å². The molecule has 0 aromatic heterocycles. The number of hydrogen-bond donors (Lipinski definition) is 2. The molecule has 0 fully saturated rings. The molecule has 2 aromatic rings.